The molecule has 0 saturated carbocycles. The van der Waals surface area contributed by atoms with Gasteiger partial charge in [0.2, 0.25) is 5.91 Å². The highest BCUT2D eigenvalue weighted by Crippen LogP contribution is 2.28. The Morgan fingerprint density at radius 3 is 2.59 bits per heavy atom. The summed E-state index contributed by atoms with van der Waals surface area (Å²) < 4.78 is 14.2. The molecule has 0 bridgehead atoms. The van der Waals surface area contributed by atoms with Crippen molar-refractivity contribution < 1.29 is 14.3 Å². The minimum atomic E-state index is -0.267. The number of para-hydroxylation sites is 2. The maximum atomic E-state index is 13.7. The van der Waals surface area contributed by atoms with Gasteiger partial charge in [0.05, 0.1) is 37.8 Å². The summed E-state index contributed by atoms with van der Waals surface area (Å²) in [5.41, 5.74) is 4.11. The molecule has 0 unspecified atom stereocenters. The zero-order valence-corrected chi connectivity index (χ0v) is 21.0. The molecule has 0 saturated heterocycles. The Morgan fingerprint density at radius 1 is 1.05 bits per heavy atom. The number of hydrogen-bond donors (Lipinski definition) is 1. The maximum absolute atomic E-state index is 13.7. The summed E-state index contributed by atoms with van der Waals surface area (Å²) in [5.74, 6) is 1.08. The molecule has 5 rings (SSSR count). The van der Waals surface area contributed by atoms with E-state index in [1.807, 2.05) is 74.5 Å². The van der Waals surface area contributed by atoms with Crippen molar-refractivity contribution >= 4 is 33.5 Å². The second-order valence-corrected chi connectivity index (χ2v) is 8.81. The first-order valence-corrected chi connectivity index (χ1v) is 12.1. The number of nitrogens with one attached hydrogen (secondary N) is 1. The number of rotatable bonds is 8. The number of aromatic nitrogens is 3. The number of carbonyl (C=O) groups is 1. The average Bonchev–Trinajstić information content (AvgIpc) is 3.20. The standard InChI is InChI=1S/C29H28N4O4/c1-4-37-25-8-6-5-7-23(25)31-26(34)17-33-24-14-9-19(2)15-22(24)27-28(33)29(35)32(18-30-27)16-20-10-12-21(36-3)13-11-20/h5-15,18H,4,16-17H2,1-3H3,(H,31,34). The van der Waals surface area contributed by atoms with Crippen LogP contribution in [-0.4, -0.2) is 33.7 Å². The Labute approximate surface area is 214 Å². The van der Waals surface area contributed by atoms with Crippen molar-refractivity contribution in [1.29, 1.82) is 0 Å². The van der Waals surface area contributed by atoms with E-state index in [9.17, 15) is 9.59 Å². The lowest BCUT2D eigenvalue weighted by atomic mass is 10.1. The lowest BCUT2D eigenvalue weighted by Gasteiger charge is -2.13. The molecular formula is C29H28N4O4. The fraction of sp³-hybridized carbons (Fsp3) is 0.207. The number of hydrogen-bond acceptors (Lipinski definition) is 5. The summed E-state index contributed by atoms with van der Waals surface area (Å²) in [7, 11) is 1.61. The van der Waals surface area contributed by atoms with Crippen LogP contribution in [0.2, 0.25) is 0 Å². The fourth-order valence-corrected chi connectivity index (χ4v) is 4.50. The SMILES string of the molecule is CCOc1ccccc1NC(=O)Cn1c2ccc(C)cc2c2ncn(Cc3ccc(OC)cc3)c(=O)c21. The Kier molecular flexibility index (Phi) is 6.64. The van der Waals surface area contributed by atoms with Gasteiger partial charge >= 0.3 is 0 Å². The van der Waals surface area contributed by atoms with E-state index in [1.54, 1.807) is 28.6 Å². The van der Waals surface area contributed by atoms with Gasteiger partial charge in [-0.15, -0.1) is 0 Å². The van der Waals surface area contributed by atoms with E-state index >= 15 is 0 Å². The van der Waals surface area contributed by atoms with Crippen molar-refractivity contribution in [3.8, 4) is 11.5 Å². The molecule has 0 aliphatic heterocycles. The van der Waals surface area contributed by atoms with Crippen molar-refractivity contribution in [1.82, 2.24) is 14.1 Å². The van der Waals surface area contributed by atoms with Crippen molar-refractivity contribution in [2.45, 2.75) is 26.9 Å². The molecule has 0 aliphatic carbocycles. The second kappa shape index (κ2) is 10.2. The Morgan fingerprint density at radius 2 is 1.84 bits per heavy atom. The van der Waals surface area contributed by atoms with Gasteiger partial charge in [0.1, 0.15) is 29.1 Å². The molecule has 1 N–H and O–H groups in total. The topological polar surface area (TPSA) is 87.4 Å². The van der Waals surface area contributed by atoms with E-state index in [2.05, 4.69) is 10.3 Å². The van der Waals surface area contributed by atoms with Crippen LogP contribution in [0.25, 0.3) is 21.9 Å². The third-order valence-corrected chi connectivity index (χ3v) is 6.26. The zero-order valence-electron chi connectivity index (χ0n) is 21.0. The lowest BCUT2D eigenvalue weighted by molar-refractivity contribution is -0.116. The van der Waals surface area contributed by atoms with E-state index in [4.69, 9.17) is 9.47 Å². The number of anilines is 1. The number of methoxy groups -OCH3 is 1. The summed E-state index contributed by atoms with van der Waals surface area (Å²) in [5, 5.41) is 3.77. The molecular weight excluding hydrogens is 468 g/mol. The molecule has 0 fully saturated rings. The van der Waals surface area contributed by atoms with Gasteiger partial charge in [0.15, 0.2) is 0 Å². The van der Waals surface area contributed by atoms with E-state index in [0.717, 1.165) is 27.8 Å². The average molecular weight is 497 g/mol. The van der Waals surface area contributed by atoms with Gasteiger partial charge in [-0.1, -0.05) is 35.9 Å². The Hall–Kier alpha value is -4.59. The number of nitrogens with zero attached hydrogens (tertiary/aromatic N) is 3. The molecule has 3 aromatic carbocycles. The number of aryl methyl sites for hydroxylation is 1. The Bertz CT molecular complexity index is 1650. The number of carbonyl (C=O) groups excluding carboxylic acids is 1. The van der Waals surface area contributed by atoms with Crippen LogP contribution in [0.15, 0.2) is 77.9 Å². The van der Waals surface area contributed by atoms with Crippen molar-refractivity contribution in [3.63, 3.8) is 0 Å². The third kappa shape index (κ3) is 4.78. The predicted molar refractivity (Wildman–Crippen MR) is 145 cm³/mol. The summed E-state index contributed by atoms with van der Waals surface area (Å²) in [4.78, 5) is 31.6. The molecule has 8 nitrogen and oxygen atoms in total. The smallest absolute Gasteiger partial charge is 0.278 e. The summed E-state index contributed by atoms with van der Waals surface area (Å²) in [6.07, 6.45) is 1.57. The molecule has 8 heteroatoms. The predicted octanol–water partition coefficient (Wildman–Crippen LogP) is 4.75. The lowest BCUT2D eigenvalue weighted by Crippen LogP contribution is -2.25. The van der Waals surface area contributed by atoms with Crippen LogP contribution in [-0.2, 0) is 17.9 Å². The van der Waals surface area contributed by atoms with E-state index < -0.39 is 0 Å². The van der Waals surface area contributed by atoms with Crippen LogP contribution in [0.1, 0.15) is 18.1 Å². The minimum Gasteiger partial charge on any atom is -0.497 e. The van der Waals surface area contributed by atoms with E-state index in [-0.39, 0.29) is 18.0 Å². The van der Waals surface area contributed by atoms with Crippen molar-refractivity contribution in [2.75, 3.05) is 19.0 Å². The van der Waals surface area contributed by atoms with Gasteiger partial charge < -0.3 is 19.4 Å². The maximum Gasteiger partial charge on any atom is 0.278 e. The number of ether oxygens (including phenoxy) is 2. The molecule has 1 amide bonds. The number of fused-ring (bicyclic) bond motifs is 3. The van der Waals surface area contributed by atoms with E-state index in [0.29, 0.717) is 35.6 Å². The van der Waals surface area contributed by atoms with Crippen molar-refractivity contribution in [2.24, 2.45) is 0 Å². The molecule has 2 heterocycles. The highest BCUT2D eigenvalue weighted by Gasteiger charge is 2.19. The summed E-state index contributed by atoms with van der Waals surface area (Å²) in [6.45, 7) is 4.67. The molecule has 0 atom stereocenters. The molecule has 0 spiro atoms. The summed E-state index contributed by atoms with van der Waals surface area (Å²) >= 11 is 0. The largest absolute Gasteiger partial charge is 0.497 e. The van der Waals surface area contributed by atoms with Crippen LogP contribution in [0, 0.1) is 6.92 Å². The van der Waals surface area contributed by atoms with Gasteiger partial charge in [0, 0.05) is 5.39 Å². The van der Waals surface area contributed by atoms with Crippen LogP contribution >= 0.6 is 0 Å². The monoisotopic (exact) mass is 496 g/mol. The molecule has 5 aromatic rings. The second-order valence-electron chi connectivity index (χ2n) is 8.81. The van der Waals surface area contributed by atoms with Crippen LogP contribution in [0.4, 0.5) is 5.69 Å². The van der Waals surface area contributed by atoms with Crippen molar-refractivity contribution in [3.05, 3.63) is 94.5 Å². The molecule has 188 valence electrons. The van der Waals surface area contributed by atoms with Crippen LogP contribution in [0.3, 0.4) is 0 Å². The molecule has 37 heavy (non-hydrogen) atoms. The first kappa shape index (κ1) is 24.1. The fourth-order valence-electron chi connectivity index (χ4n) is 4.50. The Balaban J connectivity index is 1.56. The normalized spacial score (nSPS) is 11.1. The summed E-state index contributed by atoms with van der Waals surface area (Å²) in [6, 6.07) is 20.7. The highest BCUT2D eigenvalue weighted by atomic mass is 16.5. The minimum absolute atomic E-state index is 0.0486. The molecule has 2 aromatic heterocycles. The van der Waals surface area contributed by atoms with Gasteiger partial charge in [-0.25, -0.2) is 4.98 Å². The number of benzene rings is 3. The van der Waals surface area contributed by atoms with Gasteiger partial charge in [-0.05, 0) is 55.8 Å². The van der Waals surface area contributed by atoms with E-state index in [1.165, 1.54) is 0 Å². The highest BCUT2D eigenvalue weighted by molar-refractivity contribution is 6.07. The number of amides is 1. The third-order valence-electron chi connectivity index (χ3n) is 6.26. The van der Waals surface area contributed by atoms with Gasteiger partial charge in [-0.3, -0.25) is 14.2 Å². The first-order chi connectivity index (χ1) is 18.0. The quantitative estimate of drug-likeness (QED) is 0.335. The van der Waals surface area contributed by atoms with Gasteiger partial charge in [-0.2, -0.15) is 0 Å². The van der Waals surface area contributed by atoms with Gasteiger partial charge in [0.25, 0.3) is 5.56 Å². The molecule has 0 radical (unpaired) electrons. The zero-order chi connectivity index (χ0) is 25.9. The first-order valence-electron chi connectivity index (χ1n) is 12.1. The van der Waals surface area contributed by atoms with Crippen LogP contribution in [0.5, 0.6) is 11.5 Å². The van der Waals surface area contributed by atoms with Crippen LogP contribution < -0.4 is 20.3 Å². The molecule has 0 aliphatic rings.